The number of halogens is 2. The summed E-state index contributed by atoms with van der Waals surface area (Å²) in [6, 6.07) is 0. The fraction of sp³-hybridized carbons (Fsp3) is 0.882. The van der Waals surface area contributed by atoms with Crippen LogP contribution >= 0.6 is 23.2 Å². The van der Waals surface area contributed by atoms with Crippen molar-refractivity contribution in [2.75, 3.05) is 0 Å². The van der Waals surface area contributed by atoms with Crippen molar-refractivity contribution in [3.63, 3.8) is 0 Å². The summed E-state index contributed by atoms with van der Waals surface area (Å²) in [7, 11) is 0. The summed E-state index contributed by atoms with van der Waals surface area (Å²) in [5, 5.41) is 0. The van der Waals surface area contributed by atoms with Crippen LogP contribution in [0.2, 0.25) is 0 Å². The summed E-state index contributed by atoms with van der Waals surface area (Å²) in [6.07, 6.45) is 6.60. The molecular formula is C17H24Cl2N2O2. The molecule has 0 unspecified atom stereocenters. The van der Waals surface area contributed by atoms with E-state index in [4.69, 9.17) is 23.2 Å². The van der Waals surface area contributed by atoms with Gasteiger partial charge < -0.3 is 0 Å². The molecule has 1 aliphatic heterocycles. The van der Waals surface area contributed by atoms with Gasteiger partial charge in [-0.15, -0.1) is 0 Å². The minimum absolute atomic E-state index is 0.328. The lowest BCUT2D eigenvalue weighted by Gasteiger charge is -2.61. The summed E-state index contributed by atoms with van der Waals surface area (Å²) in [4.78, 5) is 28.4. The molecule has 128 valence electrons. The number of carbonyl (C=O) groups is 2. The normalized spacial score (nSPS) is 42.0. The van der Waals surface area contributed by atoms with Gasteiger partial charge in [-0.1, -0.05) is 23.2 Å². The van der Waals surface area contributed by atoms with Crippen LogP contribution in [0.4, 0.5) is 0 Å². The quantitative estimate of drug-likeness (QED) is 0.408. The number of alkyl halides is 2. The SMILES string of the molecule is CC(C)(C)N1C(=O)C(=O)N(C23CC4CC(CC(C4)C2)C3)C1(Cl)Cl. The molecule has 6 heteroatoms. The molecule has 1 saturated heterocycles. The third-order valence-electron chi connectivity index (χ3n) is 6.28. The van der Waals surface area contributed by atoms with Crippen molar-refractivity contribution in [3.05, 3.63) is 0 Å². The molecule has 0 aromatic carbocycles. The maximum absolute atomic E-state index is 12.9. The van der Waals surface area contributed by atoms with E-state index in [9.17, 15) is 9.59 Å². The fourth-order valence-electron chi connectivity index (χ4n) is 6.08. The van der Waals surface area contributed by atoms with Gasteiger partial charge in [0.05, 0.1) is 0 Å². The molecule has 4 bridgehead atoms. The van der Waals surface area contributed by atoms with Gasteiger partial charge in [-0.2, -0.15) is 0 Å². The molecule has 0 aromatic rings. The first-order chi connectivity index (χ1) is 10.5. The zero-order valence-corrected chi connectivity index (χ0v) is 15.5. The topological polar surface area (TPSA) is 40.6 Å². The smallest absolute Gasteiger partial charge is 0.280 e. The Morgan fingerprint density at radius 2 is 1.35 bits per heavy atom. The number of hydrogen-bond donors (Lipinski definition) is 0. The summed E-state index contributed by atoms with van der Waals surface area (Å²) in [5.41, 5.74) is -0.932. The van der Waals surface area contributed by atoms with Crippen LogP contribution in [0.1, 0.15) is 59.3 Å². The fourth-order valence-corrected chi connectivity index (χ4v) is 7.26. The monoisotopic (exact) mass is 358 g/mol. The van der Waals surface area contributed by atoms with Gasteiger partial charge in [0.25, 0.3) is 4.58 Å². The predicted octanol–water partition coefficient (Wildman–Crippen LogP) is 3.51. The van der Waals surface area contributed by atoms with Crippen LogP contribution in [0.5, 0.6) is 0 Å². The second kappa shape index (κ2) is 4.57. The van der Waals surface area contributed by atoms with E-state index in [-0.39, 0.29) is 5.54 Å². The van der Waals surface area contributed by atoms with Crippen LogP contribution in [0.15, 0.2) is 0 Å². The third kappa shape index (κ3) is 2.10. The van der Waals surface area contributed by atoms with Crippen molar-refractivity contribution in [3.8, 4) is 0 Å². The van der Waals surface area contributed by atoms with E-state index in [1.807, 2.05) is 20.8 Å². The Morgan fingerprint density at radius 3 is 1.70 bits per heavy atom. The average Bonchev–Trinajstić information content (AvgIpc) is 2.52. The van der Waals surface area contributed by atoms with E-state index in [1.165, 1.54) is 24.2 Å². The minimum atomic E-state index is -1.59. The molecule has 0 atom stereocenters. The number of nitrogens with zero attached hydrogens (tertiary/aromatic N) is 2. The molecule has 0 aromatic heterocycles. The van der Waals surface area contributed by atoms with Crippen molar-refractivity contribution < 1.29 is 9.59 Å². The van der Waals surface area contributed by atoms with Gasteiger partial charge in [-0.3, -0.25) is 19.4 Å². The van der Waals surface area contributed by atoms with Crippen LogP contribution in [0.25, 0.3) is 0 Å². The van der Waals surface area contributed by atoms with Gasteiger partial charge in [0, 0.05) is 11.1 Å². The number of rotatable bonds is 1. The van der Waals surface area contributed by atoms with Gasteiger partial charge in [0.1, 0.15) is 0 Å². The molecule has 0 radical (unpaired) electrons. The standard InChI is InChI=1S/C17H24Cl2N2O2/c1-15(2,3)20-13(22)14(23)21(17(20,18)19)16-7-10-4-11(8-16)6-12(5-10)9-16/h10-12H,4-9H2,1-3H3. The zero-order valence-electron chi connectivity index (χ0n) is 13.9. The van der Waals surface area contributed by atoms with E-state index in [1.54, 1.807) is 4.90 Å². The molecule has 5 rings (SSSR count). The molecular weight excluding hydrogens is 335 g/mol. The first-order valence-electron chi connectivity index (χ1n) is 8.61. The van der Waals surface area contributed by atoms with Crippen molar-refractivity contribution in [2.45, 2.75) is 75.0 Å². The lowest BCUT2D eigenvalue weighted by atomic mass is 9.52. The molecule has 0 N–H and O–H groups in total. The summed E-state index contributed by atoms with van der Waals surface area (Å²) in [6.45, 7) is 5.59. The summed E-state index contributed by atoms with van der Waals surface area (Å²) < 4.78 is -1.59. The molecule has 23 heavy (non-hydrogen) atoms. The van der Waals surface area contributed by atoms with Crippen molar-refractivity contribution in [2.24, 2.45) is 17.8 Å². The van der Waals surface area contributed by atoms with Gasteiger partial charge in [-0.05, 0) is 77.0 Å². The van der Waals surface area contributed by atoms with E-state index >= 15 is 0 Å². The van der Waals surface area contributed by atoms with Crippen LogP contribution in [0.3, 0.4) is 0 Å². The van der Waals surface area contributed by atoms with Gasteiger partial charge in [0.15, 0.2) is 0 Å². The Balaban J connectivity index is 1.77. The highest BCUT2D eigenvalue weighted by Crippen LogP contribution is 2.61. The third-order valence-corrected chi connectivity index (χ3v) is 6.95. The molecule has 4 saturated carbocycles. The zero-order chi connectivity index (χ0) is 16.8. The highest BCUT2D eigenvalue weighted by molar-refractivity contribution is 6.55. The second-order valence-corrected chi connectivity index (χ2v) is 10.4. The first kappa shape index (κ1) is 16.0. The largest absolute Gasteiger partial charge is 0.316 e. The molecule has 5 aliphatic rings. The van der Waals surface area contributed by atoms with Crippen molar-refractivity contribution >= 4 is 35.0 Å². The summed E-state index contributed by atoms with van der Waals surface area (Å²) in [5.74, 6) is 0.857. The first-order valence-corrected chi connectivity index (χ1v) is 9.37. The Kier molecular flexibility index (Phi) is 3.18. The number of hydrogen-bond acceptors (Lipinski definition) is 2. The highest BCUT2D eigenvalue weighted by Gasteiger charge is 2.67. The maximum Gasteiger partial charge on any atom is 0.316 e. The minimum Gasteiger partial charge on any atom is -0.280 e. The van der Waals surface area contributed by atoms with Gasteiger partial charge in [0.2, 0.25) is 0 Å². The van der Waals surface area contributed by atoms with Crippen LogP contribution in [-0.4, -0.2) is 37.3 Å². The Hall–Kier alpha value is -0.480. The van der Waals surface area contributed by atoms with Crippen LogP contribution < -0.4 is 0 Å². The maximum atomic E-state index is 12.9. The molecule has 0 spiro atoms. The average molecular weight is 359 g/mol. The van der Waals surface area contributed by atoms with Gasteiger partial charge >= 0.3 is 11.8 Å². The second-order valence-electron chi connectivity index (χ2n) is 9.10. The molecule has 2 amide bonds. The van der Waals surface area contributed by atoms with Crippen LogP contribution in [-0.2, 0) is 9.59 Å². The molecule has 5 fully saturated rings. The van der Waals surface area contributed by atoms with E-state index in [2.05, 4.69) is 0 Å². The van der Waals surface area contributed by atoms with Crippen molar-refractivity contribution in [1.82, 2.24) is 9.80 Å². The Morgan fingerprint density at radius 1 is 0.913 bits per heavy atom. The number of carbonyl (C=O) groups excluding carboxylic acids is 2. The Bertz CT molecular complexity index is 546. The number of amides is 2. The van der Waals surface area contributed by atoms with Gasteiger partial charge in [-0.25, -0.2) is 0 Å². The lowest BCUT2D eigenvalue weighted by molar-refractivity contribution is -0.153. The summed E-state index contributed by atoms with van der Waals surface area (Å²) >= 11 is 13.4. The lowest BCUT2D eigenvalue weighted by Crippen LogP contribution is -2.65. The molecule has 1 heterocycles. The van der Waals surface area contributed by atoms with Crippen molar-refractivity contribution in [1.29, 1.82) is 0 Å². The molecule has 4 nitrogen and oxygen atoms in total. The van der Waals surface area contributed by atoms with E-state index in [0.29, 0.717) is 17.8 Å². The highest BCUT2D eigenvalue weighted by atomic mass is 35.5. The van der Waals surface area contributed by atoms with Crippen LogP contribution in [0, 0.1) is 17.8 Å². The van der Waals surface area contributed by atoms with E-state index < -0.39 is 21.9 Å². The predicted molar refractivity (Wildman–Crippen MR) is 88.8 cm³/mol. The molecule has 4 aliphatic carbocycles. The van der Waals surface area contributed by atoms with E-state index in [0.717, 1.165) is 19.3 Å². The Labute approximate surface area is 147 Å².